The van der Waals surface area contributed by atoms with Gasteiger partial charge in [-0.25, -0.2) is 9.59 Å². The Labute approximate surface area is 337 Å². The van der Waals surface area contributed by atoms with E-state index in [1.165, 1.54) is 0 Å². The van der Waals surface area contributed by atoms with Crippen molar-refractivity contribution in [1.82, 2.24) is 9.13 Å². The molecule has 0 amide bonds. The number of carbonyl (C=O) groups is 2. The van der Waals surface area contributed by atoms with Crippen molar-refractivity contribution >= 4 is 11.9 Å². The molecule has 0 aliphatic carbocycles. The Kier molecular flexibility index (Phi) is 12.6. The van der Waals surface area contributed by atoms with Crippen molar-refractivity contribution < 1.29 is 28.9 Å². The molecule has 288 valence electrons. The second-order valence-electron chi connectivity index (χ2n) is 13.2. The number of rotatable bonds is 13. The molecular formula is C50H42N2O6. The van der Waals surface area contributed by atoms with Crippen LogP contribution in [-0.4, -0.2) is 32.8 Å². The number of carboxylic acid groups (broad SMARTS) is 1. The third kappa shape index (κ3) is 9.44. The SMILES string of the molecule is CCOC(=O)c1cccc(-n2cccc2-c2ccccc2OCc2ccccc2)c1.O=C(O)c1cccc(-n2cccc2-c2ccccc2OCc2ccccc2)c1. The van der Waals surface area contributed by atoms with Gasteiger partial charge < -0.3 is 28.5 Å². The molecule has 0 saturated heterocycles. The van der Waals surface area contributed by atoms with Crippen LogP contribution in [0.4, 0.5) is 0 Å². The van der Waals surface area contributed by atoms with Crippen LogP contribution in [0, 0.1) is 0 Å². The zero-order valence-electron chi connectivity index (χ0n) is 32.0. The minimum Gasteiger partial charge on any atom is -0.488 e. The van der Waals surface area contributed by atoms with Crippen molar-refractivity contribution in [2.75, 3.05) is 6.61 Å². The monoisotopic (exact) mass is 766 g/mol. The lowest BCUT2D eigenvalue weighted by atomic mass is 10.1. The Morgan fingerprint density at radius 3 is 1.43 bits per heavy atom. The first-order valence-corrected chi connectivity index (χ1v) is 19.0. The largest absolute Gasteiger partial charge is 0.488 e. The summed E-state index contributed by atoms with van der Waals surface area (Å²) in [7, 11) is 0. The Hall–Kier alpha value is -7.58. The molecule has 0 saturated carbocycles. The van der Waals surface area contributed by atoms with Crippen molar-refractivity contribution in [3.8, 4) is 45.4 Å². The number of hydrogen-bond donors (Lipinski definition) is 1. The summed E-state index contributed by atoms with van der Waals surface area (Å²) in [5.74, 6) is 0.324. The lowest BCUT2D eigenvalue weighted by molar-refractivity contribution is 0.0525. The predicted octanol–water partition coefficient (Wildman–Crippen LogP) is 11.3. The fourth-order valence-electron chi connectivity index (χ4n) is 6.52. The Balaban J connectivity index is 0.000000177. The molecule has 8 aromatic rings. The minimum absolute atomic E-state index is 0.255. The van der Waals surface area contributed by atoms with E-state index in [0.29, 0.717) is 25.4 Å². The molecule has 0 atom stereocenters. The van der Waals surface area contributed by atoms with Crippen molar-refractivity contribution in [2.24, 2.45) is 0 Å². The Bertz CT molecular complexity index is 2590. The van der Waals surface area contributed by atoms with Crippen molar-refractivity contribution in [3.05, 3.63) is 217 Å². The quantitative estimate of drug-likeness (QED) is 0.118. The first kappa shape index (κ1) is 38.7. The lowest BCUT2D eigenvalue weighted by Gasteiger charge is -2.15. The van der Waals surface area contributed by atoms with Crippen LogP contribution in [-0.2, 0) is 18.0 Å². The van der Waals surface area contributed by atoms with Gasteiger partial charge in [-0.1, -0.05) is 97.1 Å². The van der Waals surface area contributed by atoms with Crippen LogP contribution in [0.5, 0.6) is 11.5 Å². The van der Waals surface area contributed by atoms with Gasteiger partial charge in [-0.05, 0) is 103 Å². The van der Waals surface area contributed by atoms with Gasteiger partial charge in [-0.15, -0.1) is 0 Å². The zero-order valence-corrected chi connectivity index (χ0v) is 32.0. The van der Waals surface area contributed by atoms with E-state index in [-0.39, 0.29) is 11.5 Å². The maximum atomic E-state index is 12.1. The second kappa shape index (κ2) is 18.8. The normalized spacial score (nSPS) is 10.6. The summed E-state index contributed by atoms with van der Waals surface area (Å²) in [4.78, 5) is 23.5. The van der Waals surface area contributed by atoms with E-state index in [2.05, 4.69) is 0 Å². The van der Waals surface area contributed by atoms with Crippen molar-refractivity contribution in [2.45, 2.75) is 20.1 Å². The first-order valence-electron chi connectivity index (χ1n) is 19.0. The van der Waals surface area contributed by atoms with Gasteiger partial charge in [0.15, 0.2) is 0 Å². The Morgan fingerprint density at radius 1 is 0.500 bits per heavy atom. The van der Waals surface area contributed by atoms with Crippen LogP contribution in [0.3, 0.4) is 0 Å². The molecule has 0 aliphatic rings. The molecule has 2 heterocycles. The van der Waals surface area contributed by atoms with Crippen LogP contribution >= 0.6 is 0 Å². The molecule has 8 nitrogen and oxygen atoms in total. The highest BCUT2D eigenvalue weighted by atomic mass is 16.5. The summed E-state index contributed by atoms with van der Waals surface area (Å²) >= 11 is 0. The second-order valence-corrected chi connectivity index (χ2v) is 13.2. The number of aromatic nitrogens is 2. The van der Waals surface area contributed by atoms with E-state index < -0.39 is 5.97 Å². The number of para-hydroxylation sites is 2. The predicted molar refractivity (Wildman–Crippen MR) is 227 cm³/mol. The maximum absolute atomic E-state index is 12.1. The molecular weight excluding hydrogens is 725 g/mol. The average molecular weight is 767 g/mol. The van der Waals surface area contributed by atoms with E-state index >= 15 is 0 Å². The minimum atomic E-state index is -0.942. The third-order valence-electron chi connectivity index (χ3n) is 9.30. The van der Waals surface area contributed by atoms with Gasteiger partial charge >= 0.3 is 11.9 Å². The number of aromatic carboxylic acids is 1. The van der Waals surface area contributed by atoms with Crippen molar-refractivity contribution in [1.29, 1.82) is 0 Å². The fourth-order valence-corrected chi connectivity index (χ4v) is 6.52. The number of carboxylic acids is 1. The molecule has 1 N–H and O–H groups in total. The van der Waals surface area contributed by atoms with Crippen molar-refractivity contribution in [3.63, 3.8) is 0 Å². The zero-order chi connectivity index (χ0) is 40.1. The summed E-state index contributed by atoms with van der Waals surface area (Å²) in [5.41, 5.74) is 8.53. The standard InChI is InChI=1S/C26H23NO3.C24H19NO3/c1-2-29-26(28)21-12-8-13-22(18-21)27-17-9-15-24(27)23-14-6-7-16-25(23)30-19-20-10-4-3-5-11-20;26-24(27)19-10-6-11-20(16-19)25-15-7-13-22(25)21-12-4-5-14-23(21)28-17-18-8-2-1-3-9-18/h3-18H,2,19H2,1H3;1-16H,17H2,(H,26,27). The summed E-state index contributed by atoms with van der Waals surface area (Å²) in [6, 6.07) is 58.3. The van der Waals surface area contributed by atoms with Gasteiger partial charge in [0.1, 0.15) is 24.7 Å². The van der Waals surface area contributed by atoms with Gasteiger partial charge in [0.05, 0.1) is 29.1 Å². The highest BCUT2D eigenvalue weighted by Crippen LogP contribution is 2.34. The Morgan fingerprint density at radius 2 is 0.948 bits per heavy atom. The van der Waals surface area contributed by atoms with Gasteiger partial charge in [-0.2, -0.15) is 0 Å². The highest BCUT2D eigenvalue weighted by Gasteiger charge is 2.15. The molecule has 58 heavy (non-hydrogen) atoms. The maximum Gasteiger partial charge on any atom is 0.338 e. The van der Waals surface area contributed by atoms with E-state index in [9.17, 15) is 14.7 Å². The smallest absolute Gasteiger partial charge is 0.338 e. The number of esters is 1. The molecule has 0 fully saturated rings. The summed E-state index contributed by atoms with van der Waals surface area (Å²) < 4.78 is 21.4. The van der Waals surface area contributed by atoms with Crippen LogP contribution in [0.1, 0.15) is 38.8 Å². The van der Waals surface area contributed by atoms with Gasteiger partial charge in [0.2, 0.25) is 0 Å². The van der Waals surface area contributed by atoms with Gasteiger partial charge in [-0.3, -0.25) is 0 Å². The number of hydrogen-bond acceptors (Lipinski definition) is 5. The molecule has 0 spiro atoms. The summed E-state index contributed by atoms with van der Waals surface area (Å²) in [6.07, 6.45) is 3.90. The number of carbonyl (C=O) groups excluding carboxylic acids is 1. The van der Waals surface area contributed by atoms with E-state index in [1.54, 1.807) is 31.2 Å². The van der Waals surface area contributed by atoms with E-state index in [4.69, 9.17) is 14.2 Å². The average Bonchev–Trinajstić information content (AvgIpc) is 3.98. The van der Waals surface area contributed by atoms with Crippen LogP contribution in [0.15, 0.2) is 194 Å². The topological polar surface area (TPSA) is 91.9 Å². The van der Waals surface area contributed by atoms with Crippen LogP contribution in [0.2, 0.25) is 0 Å². The summed E-state index contributed by atoms with van der Waals surface area (Å²) in [6.45, 7) is 3.13. The molecule has 0 aliphatic heterocycles. The first-order chi connectivity index (χ1) is 28.5. The molecule has 0 unspecified atom stereocenters. The molecule has 8 rings (SSSR count). The number of benzene rings is 6. The van der Waals surface area contributed by atoms with Crippen LogP contribution < -0.4 is 9.47 Å². The number of nitrogens with zero attached hydrogens (tertiary/aromatic N) is 2. The lowest BCUT2D eigenvalue weighted by Crippen LogP contribution is -2.06. The summed E-state index contributed by atoms with van der Waals surface area (Å²) in [5, 5.41) is 9.29. The van der Waals surface area contributed by atoms with Crippen LogP contribution in [0.25, 0.3) is 33.9 Å². The van der Waals surface area contributed by atoms with Gasteiger partial charge in [0, 0.05) is 34.9 Å². The molecule has 0 bridgehead atoms. The fraction of sp³-hybridized carbons (Fsp3) is 0.0800. The molecule has 2 aromatic heterocycles. The molecule has 6 aromatic carbocycles. The highest BCUT2D eigenvalue weighted by molar-refractivity contribution is 5.90. The third-order valence-corrected chi connectivity index (χ3v) is 9.30. The molecule has 8 heteroatoms. The van der Waals surface area contributed by atoms with E-state index in [0.717, 1.165) is 56.5 Å². The number of ether oxygens (including phenoxy) is 3. The molecule has 0 radical (unpaired) electrons. The van der Waals surface area contributed by atoms with Gasteiger partial charge in [0.25, 0.3) is 0 Å². The van der Waals surface area contributed by atoms with E-state index in [1.807, 2.05) is 179 Å².